The van der Waals surface area contributed by atoms with Gasteiger partial charge in [-0.2, -0.15) is 0 Å². The number of nitrogens with zero attached hydrogens (tertiary/aromatic N) is 2. The van der Waals surface area contributed by atoms with E-state index in [0.29, 0.717) is 0 Å². The summed E-state index contributed by atoms with van der Waals surface area (Å²) in [7, 11) is 0. The minimum absolute atomic E-state index is 0. The molecule has 0 saturated heterocycles. The van der Waals surface area contributed by atoms with Crippen LogP contribution in [0.3, 0.4) is 0 Å². The Labute approximate surface area is 87.1 Å². The highest BCUT2D eigenvalue weighted by Crippen LogP contribution is 2.09. The summed E-state index contributed by atoms with van der Waals surface area (Å²) >= 11 is 1.60. The normalized spacial score (nSPS) is 9.23. The summed E-state index contributed by atoms with van der Waals surface area (Å²) in [5.74, 6) is 0. The van der Waals surface area contributed by atoms with Crippen molar-refractivity contribution in [3.63, 3.8) is 0 Å². The molecular weight excluding hydrogens is 204 g/mol. The number of halogens is 1. The Hall–Kier alpha value is -0.930. The molecule has 2 aromatic rings. The van der Waals surface area contributed by atoms with Crippen molar-refractivity contribution in [3.8, 4) is 0 Å². The zero-order valence-corrected chi connectivity index (χ0v) is 8.52. The molecule has 0 radical (unpaired) electrons. The lowest BCUT2D eigenvalue weighted by Crippen LogP contribution is -1.85. The van der Waals surface area contributed by atoms with Crippen molar-refractivity contribution < 1.29 is 0 Å². The Morgan fingerprint density at radius 2 is 1.92 bits per heavy atom. The summed E-state index contributed by atoms with van der Waals surface area (Å²) in [5, 5.41) is 8.84. The van der Waals surface area contributed by atoms with Crippen molar-refractivity contribution in [2.75, 3.05) is 0 Å². The first kappa shape index (κ1) is 10.2. The minimum atomic E-state index is 0. The molecule has 0 unspecified atom stereocenters. The highest BCUT2D eigenvalue weighted by atomic mass is 35.5. The number of aromatic nitrogens is 2. The van der Waals surface area contributed by atoms with Crippen LogP contribution >= 0.6 is 23.7 Å². The number of benzene rings is 1. The maximum Gasteiger partial charge on any atom is 0.121 e. The summed E-state index contributed by atoms with van der Waals surface area (Å²) in [4.78, 5) is 0. The number of rotatable bonds is 2. The molecule has 0 aliphatic carbocycles. The van der Waals surface area contributed by atoms with Gasteiger partial charge >= 0.3 is 0 Å². The monoisotopic (exact) mass is 212 g/mol. The molecule has 0 fully saturated rings. The molecule has 0 aliphatic heterocycles. The Morgan fingerprint density at radius 1 is 1.15 bits per heavy atom. The maximum atomic E-state index is 3.98. The molecule has 1 aromatic carbocycles. The van der Waals surface area contributed by atoms with Gasteiger partial charge < -0.3 is 0 Å². The lowest BCUT2D eigenvalue weighted by molar-refractivity contribution is 1.00. The van der Waals surface area contributed by atoms with E-state index in [9.17, 15) is 0 Å². The Bertz CT molecular complexity index is 334. The first-order chi connectivity index (χ1) is 5.95. The summed E-state index contributed by atoms with van der Waals surface area (Å²) in [6.07, 6.45) is 0.894. The predicted octanol–water partition coefficient (Wildman–Crippen LogP) is 2.55. The molecule has 0 amide bonds. The van der Waals surface area contributed by atoms with E-state index < -0.39 is 0 Å². The van der Waals surface area contributed by atoms with E-state index >= 15 is 0 Å². The van der Waals surface area contributed by atoms with Crippen LogP contribution in [0.25, 0.3) is 0 Å². The Kier molecular flexibility index (Phi) is 3.86. The molecule has 1 heterocycles. The highest BCUT2D eigenvalue weighted by Gasteiger charge is 1.97. The molecule has 0 bridgehead atoms. The van der Waals surface area contributed by atoms with Crippen molar-refractivity contribution >= 4 is 23.7 Å². The van der Waals surface area contributed by atoms with Gasteiger partial charge in [-0.25, -0.2) is 0 Å². The van der Waals surface area contributed by atoms with Crippen LogP contribution in [0, 0.1) is 0 Å². The van der Waals surface area contributed by atoms with Gasteiger partial charge in [0.1, 0.15) is 10.5 Å². The van der Waals surface area contributed by atoms with Crippen molar-refractivity contribution in [2.45, 2.75) is 6.42 Å². The summed E-state index contributed by atoms with van der Waals surface area (Å²) < 4.78 is 0. The van der Waals surface area contributed by atoms with Crippen LogP contribution in [0.5, 0.6) is 0 Å². The Balaban J connectivity index is 0.000000845. The van der Waals surface area contributed by atoms with Gasteiger partial charge in [-0.05, 0) is 5.56 Å². The molecule has 13 heavy (non-hydrogen) atoms. The van der Waals surface area contributed by atoms with E-state index in [0.717, 1.165) is 11.4 Å². The van der Waals surface area contributed by atoms with Crippen LogP contribution in [0.1, 0.15) is 10.6 Å². The van der Waals surface area contributed by atoms with Crippen molar-refractivity contribution in [1.29, 1.82) is 0 Å². The van der Waals surface area contributed by atoms with Crippen LogP contribution < -0.4 is 0 Å². The zero-order chi connectivity index (χ0) is 8.23. The first-order valence-electron chi connectivity index (χ1n) is 3.74. The lowest BCUT2D eigenvalue weighted by Gasteiger charge is -1.94. The van der Waals surface area contributed by atoms with E-state index in [1.807, 2.05) is 18.2 Å². The second-order valence-electron chi connectivity index (χ2n) is 2.49. The van der Waals surface area contributed by atoms with Gasteiger partial charge in [0.25, 0.3) is 0 Å². The molecule has 2 rings (SSSR count). The Morgan fingerprint density at radius 3 is 2.54 bits per heavy atom. The van der Waals surface area contributed by atoms with Crippen LogP contribution in [-0.4, -0.2) is 10.2 Å². The lowest BCUT2D eigenvalue weighted by atomic mass is 10.2. The van der Waals surface area contributed by atoms with E-state index in [-0.39, 0.29) is 12.4 Å². The third-order valence-electron chi connectivity index (χ3n) is 1.60. The van der Waals surface area contributed by atoms with E-state index in [2.05, 4.69) is 22.3 Å². The average Bonchev–Trinajstić information content (AvgIpc) is 2.59. The maximum absolute atomic E-state index is 3.98. The van der Waals surface area contributed by atoms with Crippen LogP contribution in [0.4, 0.5) is 0 Å². The summed E-state index contributed by atoms with van der Waals surface area (Å²) in [5.41, 5.74) is 3.05. The fraction of sp³-hybridized carbons (Fsp3) is 0.111. The molecular formula is C9H9ClN2S. The largest absolute Gasteiger partial charge is 0.147 e. The molecule has 0 N–H and O–H groups in total. The van der Waals surface area contributed by atoms with Crippen LogP contribution in [0.2, 0.25) is 0 Å². The fourth-order valence-corrected chi connectivity index (χ4v) is 1.60. The molecule has 68 valence electrons. The fourth-order valence-electron chi connectivity index (χ4n) is 1.04. The average molecular weight is 213 g/mol. The highest BCUT2D eigenvalue weighted by molar-refractivity contribution is 7.09. The van der Waals surface area contributed by atoms with Gasteiger partial charge in [-0.1, -0.05) is 30.3 Å². The molecule has 4 heteroatoms. The second-order valence-corrected chi connectivity index (χ2v) is 3.41. The zero-order valence-electron chi connectivity index (χ0n) is 6.88. The van der Waals surface area contributed by atoms with Gasteiger partial charge in [-0.15, -0.1) is 33.9 Å². The third-order valence-corrected chi connectivity index (χ3v) is 2.30. The van der Waals surface area contributed by atoms with Crippen molar-refractivity contribution in [2.24, 2.45) is 0 Å². The van der Waals surface area contributed by atoms with Gasteiger partial charge in [0.15, 0.2) is 0 Å². The molecule has 0 aliphatic rings. The standard InChI is InChI=1S/C9H8N2S.ClH/c1-2-4-8(5-3-1)6-9-11-10-7-12-9;/h1-5,7H,6H2;1H. The van der Waals surface area contributed by atoms with Crippen molar-refractivity contribution in [3.05, 3.63) is 46.4 Å². The van der Waals surface area contributed by atoms with Crippen LogP contribution in [-0.2, 0) is 6.42 Å². The summed E-state index contributed by atoms with van der Waals surface area (Å²) in [6, 6.07) is 10.3. The first-order valence-corrected chi connectivity index (χ1v) is 4.62. The van der Waals surface area contributed by atoms with Crippen molar-refractivity contribution in [1.82, 2.24) is 10.2 Å². The molecule has 0 atom stereocenters. The smallest absolute Gasteiger partial charge is 0.121 e. The van der Waals surface area contributed by atoms with E-state index in [1.165, 1.54) is 5.56 Å². The number of hydrogen-bond acceptors (Lipinski definition) is 3. The van der Waals surface area contributed by atoms with Gasteiger partial charge in [0, 0.05) is 6.42 Å². The molecule has 1 aromatic heterocycles. The van der Waals surface area contributed by atoms with E-state index in [1.54, 1.807) is 16.8 Å². The predicted molar refractivity (Wildman–Crippen MR) is 56.4 cm³/mol. The minimum Gasteiger partial charge on any atom is -0.147 e. The third kappa shape index (κ3) is 2.79. The topological polar surface area (TPSA) is 25.8 Å². The molecule has 0 saturated carbocycles. The van der Waals surface area contributed by atoms with Gasteiger partial charge in [0.05, 0.1) is 0 Å². The second kappa shape index (κ2) is 4.94. The SMILES string of the molecule is Cl.c1ccc(Cc2nncs2)cc1. The quantitative estimate of drug-likeness (QED) is 0.765. The van der Waals surface area contributed by atoms with Crippen LogP contribution in [0.15, 0.2) is 35.8 Å². The van der Waals surface area contributed by atoms with E-state index in [4.69, 9.17) is 0 Å². The summed E-state index contributed by atoms with van der Waals surface area (Å²) in [6.45, 7) is 0. The number of hydrogen-bond donors (Lipinski definition) is 0. The van der Waals surface area contributed by atoms with Gasteiger partial charge in [-0.3, -0.25) is 0 Å². The molecule has 0 spiro atoms. The van der Waals surface area contributed by atoms with Gasteiger partial charge in [0.2, 0.25) is 0 Å². The molecule has 2 nitrogen and oxygen atoms in total.